The van der Waals surface area contributed by atoms with E-state index in [4.69, 9.17) is 4.74 Å². The molecule has 0 bridgehead atoms. The Kier molecular flexibility index (Phi) is 6.86. The van der Waals surface area contributed by atoms with Gasteiger partial charge in [-0.1, -0.05) is 19.1 Å². The average Bonchev–Trinajstić information content (AvgIpc) is 2.93. The summed E-state index contributed by atoms with van der Waals surface area (Å²) in [7, 11) is 0. The zero-order valence-electron chi connectivity index (χ0n) is 17.1. The first kappa shape index (κ1) is 20.6. The van der Waals surface area contributed by atoms with Crippen LogP contribution >= 0.6 is 0 Å². The third-order valence-corrected chi connectivity index (χ3v) is 5.56. The minimum atomic E-state index is -0.250. The van der Waals surface area contributed by atoms with Crippen molar-refractivity contribution in [2.45, 2.75) is 33.7 Å². The van der Waals surface area contributed by atoms with Gasteiger partial charge in [0, 0.05) is 38.4 Å². The van der Waals surface area contributed by atoms with Crippen molar-refractivity contribution in [1.29, 1.82) is 0 Å². The maximum Gasteiger partial charge on any atom is 0.268 e. The van der Waals surface area contributed by atoms with Crippen LogP contribution in [0.25, 0.3) is 0 Å². The molecule has 0 radical (unpaired) electrons. The molecule has 0 spiro atoms. The van der Waals surface area contributed by atoms with Crippen molar-refractivity contribution >= 4 is 5.91 Å². The van der Waals surface area contributed by atoms with Crippen molar-refractivity contribution in [3.05, 3.63) is 58.2 Å². The zero-order valence-corrected chi connectivity index (χ0v) is 17.1. The minimum Gasteiger partial charge on any atom is -0.379 e. The van der Waals surface area contributed by atoms with Crippen LogP contribution in [0.15, 0.2) is 24.3 Å². The largest absolute Gasteiger partial charge is 0.379 e. The molecule has 152 valence electrons. The van der Waals surface area contributed by atoms with Gasteiger partial charge in [0.1, 0.15) is 11.5 Å². The van der Waals surface area contributed by atoms with Gasteiger partial charge in [-0.2, -0.15) is 0 Å². The molecule has 1 saturated heterocycles. The summed E-state index contributed by atoms with van der Waals surface area (Å²) in [5.74, 6) is -0.296. The summed E-state index contributed by atoms with van der Waals surface area (Å²) >= 11 is 0. The highest BCUT2D eigenvalue weighted by Crippen LogP contribution is 2.24. The van der Waals surface area contributed by atoms with Gasteiger partial charge in [0.15, 0.2) is 0 Å². The maximum atomic E-state index is 13.2. The van der Waals surface area contributed by atoms with Crippen LogP contribution in [-0.4, -0.2) is 54.8 Å². The van der Waals surface area contributed by atoms with Gasteiger partial charge in [-0.15, -0.1) is 0 Å². The second kappa shape index (κ2) is 9.34. The van der Waals surface area contributed by atoms with Crippen LogP contribution in [0.1, 0.15) is 39.8 Å². The lowest BCUT2D eigenvalue weighted by Crippen LogP contribution is -2.41. The third kappa shape index (κ3) is 4.62. The smallest absolute Gasteiger partial charge is 0.268 e. The molecule has 1 amide bonds. The Morgan fingerprint density at radius 2 is 1.86 bits per heavy atom. The molecule has 2 aromatic rings. The highest BCUT2D eigenvalue weighted by atomic mass is 19.1. The van der Waals surface area contributed by atoms with E-state index in [9.17, 15) is 9.18 Å². The summed E-state index contributed by atoms with van der Waals surface area (Å²) < 4.78 is 20.7. The summed E-state index contributed by atoms with van der Waals surface area (Å²) in [6.07, 6.45) is 0.877. The van der Waals surface area contributed by atoms with E-state index in [1.165, 1.54) is 17.7 Å². The molecular formula is C22H30FN3O2. The first-order valence-corrected chi connectivity index (χ1v) is 10.0. The van der Waals surface area contributed by atoms with Gasteiger partial charge in [0.05, 0.1) is 13.2 Å². The Hall–Kier alpha value is -2.18. The molecule has 0 aliphatic carbocycles. The number of hydrogen-bond donors (Lipinski definition) is 1. The van der Waals surface area contributed by atoms with Crippen LogP contribution in [0, 0.1) is 19.7 Å². The van der Waals surface area contributed by atoms with Crippen LogP contribution < -0.4 is 5.32 Å². The fraction of sp³-hybridized carbons (Fsp3) is 0.500. The van der Waals surface area contributed by atoms with E-state index in [-0.39, 0.29) is 11.7 Å². The van der Waals surface area contributed by atoms with Gasteiger partial charge in [-0.3, -0.25) is 9.69 Å². The van der Waals surface area contributed by atoms with Crippen molar-refractivity contribution in [3.8, 4) is 0 Å². The number of rotatable bonds is 7. The lowest BCUT2D eigenvalue weighted by atomic mass is 10.1. The highest BCUT2D eigenvalue weighted by molar-refractivity contribution is 5.95. The van der Waals surface area contributed by atoms with Crippen LogP contribution in [0.2, 0.25) is 0 Å². The monoisotopic (exact) mass is 387 g/mol. The summed E-state index contributed by atoms with van der Waals surface area (Å²) in [5.41, 5.74) is 5.03. The summed E-state index contributed by atoms with van der Waals surface area (Å²) in [6.45, 7) is 11.5. The molecule has 2 heterocycles. The number of carbonyl (C=O) groups excluding carboxylic acids is 1. The Balaban J connectivity index is 1.76. The Labute approximate surface area is 166 Å². The molecule has 0 saturated carbocycles. The molecule has 1 fully saturated rings. The first-order chi connectivity index (χ1) is 13.5. The molecule has 1 aromatic heterocycles. The number of carbonyl (C=O) groups is 1. The lowest BCUT2D eigenvalue weighted by Gasteiger charge is -2.26. The Morgan fingerprint density at radius 1 is 1.18 bits per heavy atom. The Bertz CT molecular complexity index is 808. The number of ether oxygens (including phenoxy) is 1. The quantitative estimate of drug-likeness (QED) is 0.795. The number of aromatic nitrogens is 1. The molecular weight excluding hydrogens is 357 g/mol. The van der Waals surface area contributed by atoms with E-state index < -0.39 is 0 Å². The van der Waals surface area contributed by atoms with Gasteiger partial charge in [-0.25, -0.2) is 4.39 Å². The fourth-order valence-corrected chi connectivity index (χ4v) is 3.97. The molecule has 1 aliphatic heterocycles. The molecule has 1 aromatic carbocycles. The molecule has 0 unspecified atom stereocenters. The fourth-order valence-electron chi connectivity index (χ4n) is 3.97. The predicted molar refractivity (Wildman–Crippen MR) is 108 cm³/mol. The third-order valence-electron chi connectivity index (χ3n) is 5.56. The van der Waals surface area contributed by atoms with Crippen molar-refractivity contribution < 1.29 is 13.9 Å². The number of nitrogens with zero attached hydrogens (tertiary/aromatic N) is 2. The number of amides is 1. The SMILES string of the molecule is CCc1c(C)c(C(=O)NCCN2CCOCC2)n(Cc2ccc(F)cc2)c1C. The standard InChI is InChI=1S/C22H30FN3O2/c1-4-20-16(2)21(22(27)24-9-10-25-11-13-28-14-12-25)26(17(20)3)15-18-5-7-19(23)8-6-18/h5-8H,4,9-15H2,1-3H3,(H,24,27). The van der Waals surface area contributed by atoms with E-state index >= 15 is 0 Å². The van der Waals surface area contributed by atoms with Gasteiger partial charge in [-0.05, 0) is 49.1 Å². The second-order valence-electron chi connectivity index (χ2n) is 7.31. The molecule has 28 heavy (non-hydrogen) atoms. The summed E-state index contributed by atoms with van der Waals surface area (Å²) in [6, 6.07) is 6.47. The molecule has 5 nitrogen and oxygen atoms in total. The number of hydrogen-bond acceptors (Lipinski definition) is 3. The Morgan fingerprint density at radius 3 is 2.50 bits per heavy atom. The van der Waals surface area contributed by atoms with Crippen molar-refractivity contribution in [3.63, 3.8) is 0 Å². The van der Waals surface area contributed by atoms with Crippen LogP contribution in [0.5, 0.6) is 0 Å². The molecule has 6 heteroatoms. The van der Waals surface area contributed by atoms with E-state index in [1.54, 1.807) is 12.1 Å². The first-order valence-electron chi connectivity index (χ1n) is 10.0. The van der Waals surface area contributed by atoms with Crippen molar-refractivity contribution in [2.75, 3.05) is 39.4 Å². The number of morpholine rings is 1. The van der Waals surface area contributed by atoms with E-state index in [0.717, 1.165) is 56.1 Å². The molecule has 0 atom stereocenters. The molecule has 3 rings (SSSR count). The second-order valence-corrected chi connectivity index (χ2v) is 7.31. The van der Waals surface area contributed by atoms with Crippen LogP contribution in [0.4, 0.5) is 4.39 Å². The van der Waals surface area contributed by atoms with Gasteiger partial charge >= 0.3 is 0 Å². The van der Waals surface area contributed by atoms with Gasteiger partial charge < -0.3 is 14.6 Å². The van der Waals surface area contributed by atoms with Crippen LogP contribution in [0.3, 0.4) is 0 Å². The normalized spacial score (nSPS) is 15.0. The van der Waals surface area contributed by atoms with Crippen molar-refractivity contribution in [2.24, 2.45) is 0 Å². The highest BCUT2D eigenvalue weighted by Gasteiger charge is 2.22. The topological polar surface area (TPSA) is 46.5 Å². The predicted octanol–water partition coefficient (Wildman–Crippen LogP) is 2.92. The number of halogens is 1. The average molecular weight is 387 g/mol. The number of nitrogens with one attached hydrogen (secondary N) is 1. The number of benzene rings is 1. The lowest BCUT2D eigenvalue weighted by molar-refractivity contribution is 0.0383. The molecule has 1 aliphatic rings. The van der Waals surface area contributed by atoms with E-state index in [2.05, 4.69) is 28.6 Å². The summed E-state index contributed by atoms with van der Waals surface area (Å²) in [5, 5.41) is 3.08. The van der Waals surface area contributed by atoms with E-state index in [1.807, 2.05) is 6.92 Å². The van der Waals surface area contributed by atoms with Gasteiger partial charge in [0.25, 0.3) is 5.91 Å². The van der Waals surface area contributed by atoms with Gasteiger partial charge in [0.2, 0.25) is 0 Å². The molecule has 1 N–H and O–H groups in total. The van der Waals surface area contributed by atoms with Crippen LogP contribution in [-0.2, 0) is 17.7 Å². The minimum absolute atomic E-state index is 0.0457. The summed E-state index contributed by atoms with van der Waals surface area (Å²) in [4.78, 5) is 15.3. The maximum absolute atomic E-state index is 13.2. The van der Waals surface area contributed by atoms with Crippen molar-refractivity contribution in [1.82, 2.24) is 14.8 Å². The zero-order chi connectivity index (χ0) is 20.1. The van der Waals surface area contributed by atoms with E-state index in [0.29, 0.717) is 18.8 Å².